The molecular weight excluding hydrogens is 405 g/mol. The molecule has 2 aliphatic heterocycles. The van der Waals surface area contributed by atoms with Gasteiger partial charge in [-0.3, -0.25) is 10.0 Å². The zero-order valence-electron chi connectivity index (χ0n) is 15.9. The number of amides is 1. The highest BCUT2D eigenvalue weighted by Crippen LogP contribution is 2.29. The first-order chi connectivity index (χ1) is 13.8. The molecule has 0 spiro atoms. The molecule has 2 saturated heterocycles. The van der Waals surface area contributed by atoms with E-state index in [2.05, 4.69) is 5.32 Å². The Hall–Kier alpha value is -1.63. The summed E-state index contributed by atoms with van der Waals surface area (Å²) in [5, 5.41) is 21.0. The van der Waals surface area contributed by atoms with Crippen LogP contribution in [0.15, 0.2) is 24.3 Å². The van der Waals surface area contributed by atoms with E-state index in [1.54, 1.807) is 12.1 Å². The Kier molecular flexibility index (Phi) is 6.87. The first-order valence-electron chi connectivity index (χ1n) is 9.50. The van der Waals surface area contributed by atoms with Crippen LogP contribution in [0, 0.1) is 5.82 Å². The number of carbonyl (C=O) groups is 1. The van der Waals surface area contributed by atoms with E-state index in [4.69, 9.17) is 9.94 Å². The van der Waals surface area contributed by atoms with Crippen LogP contribution in [0.1, 0.15) is 24.8 Å². The van der Waals surface area contributed by atoms with Crippen molar-refractivity contribution in [1.82, 2.24) is 15.1 Å². The molecule has 2 fully saturated rings. The molecule has 0 saturated carbocycles. The molecule has 1 aromatic rings. The number of aliphatic hydroxyl groups is 1. The second-order valence-corrected chi connectivity index (χ2v) is 9.52. The fourth-order valence-corrected chi connectivity index (χ4v) is 6.04. The van der Waals surface area contributed by atoms with Crippen molar-refractivity contribution in [2.45, 2.75) is 42.8 Å². The molecule has 11 heteroatoms. The van der Waals surface area contributed by atoms with Crippen molar-refractivity contribution >= 4 is 15.9 Å². The molecular formula is C18H26FN3O6S. The Morgan fingerprint density at radius 2 is 2.07 bits per heavy atom. The third-order valence-electron chi connectivity index (χ3n) is 5.50. The largest absolute Gasteiger partial charge is 0.377 e. The average Bonchev–Trinajstić information content (AvgIpc) is 2.72. The van der Waals surface area contributed by atoms with Gasteiger partial charge >= 0.3 is 0 Å². The molecule has 1 aromatic carbocycles. The average molecular weight is 431 g/mol. The van der Waals surface area contributed by atoms with E-state index < -0.39 is 26.8 Å². The second-order valence-electron chi connectivity index (χ2n) is 7.40. The maximum Gasteiger partial charge on any atom is 0.278 e. The molecule has 1 amide bonds. The Bertz CT molecular complexity index is 831. The SMILES string of the molecule is O=C(NO)C1(O)CNCCC1S(=O)(=O)N1CCC(OCc2cccc(F)c2)CC1. The van der Waals surface area contributed by atoms with Gasteiger partial charge < -0.3 is 15.2 Å². The molecule has 162 valence electrons. The van der Waals surface area contributed by atoms with E-state index in [1.807, 2.05) is 0 Å². The number of sulfonamides is 1. The molecule has 3 rings (SSSR count). The van der Waals surface area contributed by atoms with Crippen molar-refractivity contribution in [3.8, 4) is 0 Å². The maximum absolute atomic E-state index is 13.2. The molecule has 2 unspecified atom stereocenters. The van der Waals surface area contributed by atoms with Gasteiger partial charge in [0.1, 0.15) is 11.1 Å². The van der Waals surface area contributed by atoms with Gasteiger partial charge in [0.15, 0.2) is 5.60 Å². The quantitative estimate of drug-likeness (QED) is 0.361. The predicted octanol–water partition coefficient (Wildman–Crippen LogP) is -0.265. The summed E-state index contributed by atoms with van der Waals surface area (Å²) in [6, 6.07) is 6.11. The van der Waals surface area contributed by atoms with E-state index in [-0.39, 0.29) is 44.6 Å². The van der Waals surface area contributed by atoms with Crippen LogP contribution >= 0.6 is 0 Å². The smallest absolute Gasteiger partial charge is 0.278 e. The fourth-order valence-electron chi connectivity index (χ4n) is 3.86. The van der Waals surface area contributed by atoms with Gasteiger partial charge in [-0.2, -0.15) is 0 Å². The number of β-amino-alcohol motifs (C(OH)–C–C–N with tert-alkyl or cyclic N) is 1. The summed E-state index contributed by atoms with van der Waals surface area (Å²) in [6.45, 7) is 0.683. The van der Waals surface area contributed by atoms with E-state index >= 15 is 0 Å². The number of carbonyl (C=O) groups excluding carboxylic acids is 1. The summed E-state index contributed by atoms with van der Waals surface area (Å²) in [7, 11) is -3.98. The molecule has 2 atom stereocenters. The summed E-state index contributed by atoms with van der Waals surface area (Å²) in [4.78, 5) is 11.9. The van der Waals surface area contributed by atoms with Crippen LogP contribution in [0.25, 0.3) is 0 Å². The number of hydrogen-bond acceptors (Lipinski definition) is 7. The number of nitrogens with zero attached hydrogens (tertiary/aromatic N) is 1. The summed E-state index contributed by atoms with van der Waals surface area (Å²) >= 11 is 0. The highest BCUT2D eigenvalue weighted by atomic mass is 32.2. The first kappa shape index (κ1) is 22.1. The van der Waals surface area contributed by atoms with Crippen LogP contribution < -0.4 is 10.8 Å². The van der Waals surface area contributed by atoms with Gasteiger partial charge in [-0.1, -0.05) is 12.1 Å². The van der Waals surface area contributed by atoms with Gasteiger partial charge in [0, 0.05) is 19.6 Å². The summed E-state index contributed by atoms with van der Waals surface area (Å²) in [6.07, 6.45) is 0.772. The molecule has 0 aromatic heterocycles. The van der Waals surface area contributed by atoms with Crippen LogP contribution in [0.2, 0.25) is 0 Å². The minimum absolute atomic E-state index is 0.0439. The van der Waals surface area contributed by atoms with Crippen LogP contribution in [-0.4, -0.2) is 72.1 Å². The lowest BCUT2D eigenvalue weighted by Crippen LogP contribution is -2.67. The number of piperidine rings is 2. The molecule has 0 aliphatic carbocycles. The molecule has 0 bridgehead atoms. The lowest BCUT2D eigenvalue weighted by Gasteiger charge is -2.41. The number of halogens is 1. The zero-order chi connectivity index (χ0) is 21.1. The van der Waals surface area contributed by atoms with Gasteiger partial charge in [-0.15, -0.1) is 0 Å². The van der Waals surface area contributed by atoms with Crippen molar-refractivity contribution in [1.29, 1.82) is 0 Å². The number of hydrogen-bond donors (Lipinski definition) is 4. The van der Waals surface area contributed by atoms with Crippen LogP contribution in [-0.2, 0) is 26.2 Å². The van der Waals surface area contributed by atoms with E-state index in [0.717, 1.165) is 0 Å². The highest BCUT2D eigenvalue weighted by molar-refractivity contribution is 7.89. The molecule has 2 heterocycles. The monoisotopic (exact) mass is 431 g/mol. The summed E-state index contributed by atoms with van der Waals surface area (Å²) in [5.74, 6) is -1.49. The highest BCUT2D eigenvalue weighted by Gasteiger charge is 2.53. The lowest BCUT2D eigenvalue weighted by atomic mass is 9.93. The zero-order valence-corrected chi connectivity index (χ0v) is 16.7. The van der Waals surface area contributed by atoms with Crippen LogP contribution in [0.5, 0.6) is 0 Å². The van der Waals surface area contributed by atoms with Gasteiger partial charge in [-0.25, -0.2) is 22.6 Å². The molecule has 29 heavy (non-hydrogen) atoms. The Morgan fingerprint density at radius 1 is 1.34 bits per heavy atom. The Morgan fingerprint density at radius 3 is 2.72 bits per heavy atom. The summed E-state index contributed by atoms with van der Waals surface area (Å²) in [5.41, 5.74) is -0.185. The molecule has 4 N–H and O–H groups in total. The van der Waals surface area contributed by atoms with Crippen LogP contribution in [0.3, 0.4) is 0 Å². The third-order valence-corrected chi connectivity index (χ3v) is 7.93. The van der Waals surface area contributed by atoms with Gasteiger partial charge in [0.2, 0.25) is 10.0 Å². The molecule has 0 radical (unpaired) electrons. The van der Waals surface area contributed by atoms with Crippen LogP contribution in [0.4, 0.5) is 4.39 Å². The van der Waals surface area contributed by atoms with Crippen molar-refractivity contribution < 1.29 is 32.7 Å². The normalized spacial score (nSPS) is 26.9. The maximum atomic E-state index is 13.2. The standard InChI is InChI=1S/C18H26FN3O6S/c19-14-3-1-2-13(10-14)11-28-15-5-8-22(9-6-15)29(26,27)16-4-7-20-12-18(16,24)17(23)21-25/h1-3,10,15-16,20,24-25H,4-9,11-12H2,(H,21,23). The minimum atomic E-state index is -3.98. The van der Waals surface area contributed by atoms with Crippen molar-refractivity contribution in [3.05, 3.63) is 35.6 Å². The van der Waals surface area contributed by atoms with E-state index in [9.17, 15) is 22.7 Å². The van der Waals surface area contributed by atoms with E-state index in [1.165, 1.54) is 21.9 Å². The topological polar surface area (TPSA) is 128 Å². The lowest BCUT2D eigenvalue weighted by molar-refractivity contribution is -0.150. The molecule has 2 aliphatic rings. The van der Waals surface area contributed by atoms with Crippen molar-refractivity contribution in [3.63, 3.8) is 0 Å². The van der Waals surface area contributed by atoms with Crippen molar-refractivity contribution in [2.24, 2.45) is 0 Å². The number of nitrogens with one attached hydrogen (secondary N) is 2. The minimum Gasteiger partial charge on any atom is -0.377 e. The van der Waals surface area contributed by atoms with Gasteiger partial charge in [-0.05, 0) is 43.5 Å². The second kappa shape index (κ2) is 9.02. The first-order valence-corrected chi connectivity index (χ1v) is 11.0. The summed E-state index contributed by atoms with van der Waals surface area (Å²) < 4.78 is 46.5. The van der Waals surface area contributed by atoms with E-state index in [0.29, 0.717) is 24.9 Å². The Balaban J connectivity index is 1.61. The van der Waals surface area contributed by atoms with Gasteiger partial charge in [0.25, 0.3) is 5.91 Å². The number of hydroxylamine groups is 1. The number of ether oxygens (including phenoxy) is 1. The molecule has 9 nitrogen and oxygen atoms in total. The van der Waals surface area contributed by atoms with Crippen molar-refractivity contribution in [2.75, 3.05) is 26.2 Å². The third kappa shape index (κ3) is 4.76. The van der Waals surface area contributed by atoms with Gasteiger partial charge in [0.05, 0.1) is 12.7 Å². The fraction of sp³-hybridized carbons (Fsp3) is 0.611. The predicted molar refractivity (Wildman–Crippen MR) is 101 cm³/mol. The Labute approximate surface area is 168 Å². The number of benzene rings is 1. The number of rotatable bonds is 6.